The molecule has 2 aromatic rings. The second kappa shape index (κ2) is 10.2. The predicted octanol–water partition coefficient (Wildman–Crippen LogP) is 3.55. The maximum Gasteiger partial charge on any atom is 0.194 e. The van der Waals surface area contributed by atoms with E-state index in [1.165, 1.54) is 11.1 Å². The molecule has 0 spiro atoms. The van der Waals surface area contributed by atoms with Gasteiger partial charge in [-0.3, -0.25) is 0 Å². The van der Waals surface area contributed by atoms with Crippen molar-refractivity contribution in [3.05, 3.63) is 59.2 Å². The molecule has 0 aromatic heterocycles. The number of nitrogens with zero attached hydrogens (tertiary/aromatic N) is 2. The fourth-order valence-electron chi connectivity index (χ4n) is 3.55. The number of hydrogen-bond donors (Lipinski definition) is 1. The number of morpholine rings is 1. The van der Waals surface area contributed by atoms with Gasteiger partial charge in [-0.25, -0.2) is 4.99 Å². The van der Waals surface area contributed by atoms with Crippen molar-refractivity contribution in [3.8, 4) is 11.5 Å². The lowest BCUT2D eigenvalue weighted by Crippen LogP contribution is -2.48. The van der Waals surface area contributed by atoms with Crippen LogP contribution < -0.4 is 14.8 Å². The summed E-state index contributed by atoms with van der Waals surface area (Å²) < 4.78 is 16.8. The molecule has 6 heteroatoms. The van der Waals surface area contributed by atoms with Gasteiger partial charge >= 0.3 is 0 Å². The van der Waals surface area contributed by atoms with Gasteiger partial charge in [-0.1, -0.05) is 30.3 Å². The summed E-state index contributed by atoms with van der Waals surface area (Å²) >= 11 is 0. The second-order valence-electron chi connectivity index (χ2n) is 7.02. The van der Waals surface area contributed by atoms with Crippen LogP contribution in [0.25, 0.3) is 0 Å². The minimum absolute atomic E-state index is 0.0508. The number of nitrogens with one attached hydrogen (secondary N) is 1. The van der Waals surface area contributed by atoms with Crippen LogP contribution in [-0.4, -0.2) is 51.3 Å². The van der Waals surface area contributed by atoms with Crippen molar-refractivity contribution < 1.29 is 14.2 Å². The Morgan fingerprint density at radius 3 is 2.69 bits per heavy atom. The number of methoxy groups -OCH3 is 2. The molecule has 1 saturated heterocycles. The van der Waals surface area contributed by atoms with Gasteiger partial charge in [0, 0.05) is 13.1 Å². The lowest BCUT2D eigenvalue weighted by Gasteiger charge is -2.35. The number of rotatable bonds is 6. The van der Waals surface area contributed by atoms with Gasteiger partial charge in [0.25, 0.3) is 0 Å². The van der Waals surface area contributed by atoms with Crippen molar-refractivity contribution >= 4 is 5.96 Å². The summed E-state index contributed by atoms with van der Waals surface area (Å²) in [5, 5.41) is 3.42. The average molecular weight is 398 g/mol. The van der Waals surface area contributed by atoms with Crippen LogP contribution in [0.15, 0.2) is 47.5 Å². The molecule has 1 N–H and O–H groups in total. The monoisotopic (exact) mass is 397 g/mol. The standard InChI is InChI=1S/C23H31N3O3/c1-5-24-23(25-15-18-10-11-20(27-3)21(14-18)28-4)26-12-13-29-22(16-26)19-9-7-6-8-17(19)2/h6-11,14,22H,5,12-13,15-16H2,1-4H3,(H,24,25). The third-order valence-electron chi connectivity index (χ3n) is 5.10. The number of guanidine groups is 1. The Kier molecular flexibility index (Phi) is 7.36. The molecule has 0 amide bonds. The normalized spacial score (nSPS) is 17.2. The van der Waals surface area contributed by atoms with Crippen LogP contribution in [0.5, 0.6) is 11.5 Å². The molecule has 6 nitrogen and oxygen atoms in total. The summed E-state index contributed by atoms with van der Waals surface area (Å²) in [7, 11) is 3.29. The maximum atomic E-state index is 6.07. The van der Waals surface area contributed by atoms with Gasteiger partial charge in [0.05, 0.1) is 33.9 Å². The van der Waals surface area contributed by atoms with E-state index in [-0.39, 0.29) is 6.10 Å². The summed E-state index contributed by atoms with van der Waals surface area (Å²) in [4.78, 5) is 7.15. The van der Waals surface area contributed by atoms with Gasteiger partial charge in [0.1, 0.15) is 6.10 Å². The second-order valence-corrected chi connectivity index (χ2v) is 7.02. The fraction of sp³-hybridized carbons (Fsp3) is 0.435. The molecule has 3 rings (SSSR count). The van der Waals surface area contributed by atoms with Crippen LogP contribution in [0.3, 0.4) is 0 Å². The Hall–Kier alpha value is -2.73. The molecule has 2 aromatic carbocycles. The zero-order valence-electron chi connectivity index (χ0n) is 17.8. The first-order valence-electron chi connectivity index (χ1n) is 10.1. The molecule has 0 radical (unpaired) electrons. The molecular weight excluding hydrogens is 366 g/mol. The third-order valence-corrected chi connectivity index (χ3v) is 5.10. The first-order valence-corrected chi connectivity index (χ1v) is 10.1. The quantitative estimate of drug-likeness (QED) is 0.597. The highest BCUT2D eigenvalue weighted by atomic mass is 16.5. The number of aryl methyl sites for hydroxylation is 1. The Bertz CT molecular complexity index is 838. The van der Waals surface area contributed by atoms with E-state index in [2.05, 4.69) is 48.3 Å². The zero-order valence-corrected chi connectivity index (χ0v) is 17.8. The first-order chi connectivity index (χ1) is 14.2. The van der Waals surface area contributed by atoms with E-state index < -0.39 is 0 Å². The van der Waals surface area contributed by atoms with E-state index in [0.29, 0.717) is 13.2 Å². The molecular formula is C23H31N3O3. The number of hydrogen-bond acceptors (Lipinski definition) is 4. The summed E-state index contributed by atoms with van der Waals surface area (Å²) in [5.41, 5.74) is 3.57. The fourth-order valence-corrected chi connectivity index (χ4v) is 3.55. The van der Waals surface area contributed by atoms with Gasteiger partial charge in [-0.05, 0) is 42.7 Å². The van der Waals surface area contributed by atoms with Crippen LogP contribution >= 0.6 is 0 Å². The minimum atomic E-state index is 0.0508. The summed E-state index contributed by atoms with van der Waals surface area (Å²) in [6, 6.07) is 14.3. The molecule has 1 unspecified atom stereocenters. The van der Waals surface area contributed by atoms with Crippen molar-refractivity contribution in [2.24, 2.45) is 4.99 Å². The molecule has 1 fully saturated rings. The van der Waals surface area contributed by atoms with Crippen molar-refractivity contribution in [2.75, 3.05) is 40.5 Å². The highest BCUT2D eigenvalue weighted by Crippen LogP contribution is 2.28. The molecule has 156 valence electrons. The van der Waals surface area contributed by atoms with Crippen molar-refractivity contribution in [1.82, 2.24) is 10.2 Å². The number of ether oxygens (including phenoxy) is 3. The molecule has 0 saturated carbocycles. The third kappa shape index (κ3) is 5.21. The highest BCUT2D eigenvalue weighted by molar-refractivity contribution is 5.80. The summed E-state index contributed by atoms with van der Waals surface area (Å²) in [6.45, 7) is 7.88. The van der Waals surface area contributed by atoms with Gasteiger partial charge in [0.15, 0.2) is 17.5 Å². The maximum absolute atomic E-state index is 6.07. The van der Waals surface area contributed by atoms with E-state index in [9.17, 15) is 0 Å². The van der Waals surface area contributed by atoms with Gasteiger partial charge in [-0.2, -0.15) is 0 Å². The van der Waals surface area contributed by atoms with Gasteiger partial charge < -0.3 is 24.4 Å². The Morgan fingerprint density at radius 2 is 1.97 bits per heavy atom. The zero-order chi connectivity index (χ0) is 20.6. The van der Waals surface area contributed by atoms with E-state index in [4.69, 9.17) is 19.2 Å². The van der Waals surface area contributed by atoms with E-state index in [1.54, 1.807) is 14.2 Å². The topological polar surface area (TPSA) is 55.3 Å². The largest absolute Gasteiger partial charge is 0.493 e. The number of aliphatic imine (C=N–C) groups is 1. The molecule has 1 aliphatic heterocycles. The Balaban J connectivity index is 1.75. The lowest BCUT2D eigenvalue weighted by atomic mass is 10.0. The molecule has 1 heterocycles. The SMILES string of the molecule is CCNC(=NCc1ccc(OC)c(OC)c1)N1CCOC(c2ccccc2C)C1. The van der Waals surface area contributed by atoms with E-state index in [1.807, 2.05) is 18.2 Å². The number of benzene rings is 2. The van der Waals surface area contributed by atoms with Crippen LogP contribution in [0.2, 0.25) is 0 Å². The van der Waals surface area contributed by atoms with E-state index in [0.717, 1.165) is 42.7 Å². The molecule has 29 heavy (non-hydrogen) atoms. The van der Waals surface area contributed by atoms with Crippen LogP contribution in [0.1, 0.15) is 29.7 Å². The van der Waals surface area contributed by atoms with Crippen molar-refractivity contribution in [1.29, 1.82) is 0 Å². The molecule has 1 aliphatic rings. The van der Waals surface area contributed by atoms with Crippen molar-refractivity contribution in [3.63, 3.8) is 0 Å². The molecule has 1 atom stereocenters. The highest BCUT2D eigenvalue weighted by Gasteiger charge is 2.25. The Labute approximate surface area is 173 Å². The Morgan fingerprint density at radius 1 is 1.17 bits per heavy atom. The van der Waals surface area contributed by atoms with Gasteiger partial charge in [0.2, 0.25) is 0 Å². The minimum Gasteiger partial charge on any atom is -0.493 e. The van der Waals surface area contributed by atoms with Gasteiger partial charge in [-0.15, -0.1) is 0 Å². The summed E-state index contributed by atoms with van der Waals surface area (Å²) in [6.07, 6.45) is 0.0508. The first kappa shape index (κ1) is 21.0. The van der Waals surface area contributed by atoms with E-state index >= 15 is 0 Å². The van der Waals surface area contributed by atoms with Crippen LogP contribution in [0.4, 0.5) is 0 Å². The van der Waals surface area contributed by atoms with Crippen molar-refractivity contribution in [2.45, 2.75) is 26.5 Å². The van der Waals surface area contributed by atoms with Crippen LogP contribution in [0, 0.1) is 6.92 Å². The average Bonchev–Trinajstić information content (AvgIpc) is 2.76. The lowest BCUT2D eigenvalue weighted by molar-refractivity contribution is -0.00834. The van der Waals surface area contributed by atoms with Crippen LogP contribution in [-0.2, 0) is 11.3 Å². The smallest absolute Gasteiger partial charge is 0.194 e. The summed E-state index contributed by atoms with van der Waals surface area (Å²) in [5.74, 6) is 2.35. The molecule has 0 bridgehead atoms. The predicted molar refractivity (Wildman–Crippen MR) is 116 cm³/mol. The molecule has 0 aliphatic carbocycles.